The van der Waals surface area contributed by atoms with E-state index in [0.717, 1.165) is 25.6 Å². The molecule has 1 aliphatic heterocycles. The van der Waals surface area contributed by atoms with E-state index < -0.39 is 0 Å². The number of methoxy groups -OCH3 is 1. The summed E-state index contributed by atoms with van der Waals surface area (Å²) < 4.78 is 5.12. The fraction of sp³-hybridized carbons (Fsp3) is 1.00. The fourth-order valence-corrected chi connectivity index (χ4v) is 1.86. The Kier molecular flexibility index (Phi) is 3.98. The van der Waals surface area contributed by atoms with Crippen LogP contribution in [-0.2, 0) is 4.74 Å². The van der Waals surface area contributed by atoms with Gasteiger partial charge in [-0.1, -0.05) is 0 Å². The maximum absolute atomic E-state index is 5.72. The highest BCUT2D eigenvalue weighted by Gasteiger charge is 2.22. The molecular weight excluding hydrogens is 152 g/mol. The summed E-state index contributed by atoms with van der Waals surface area (Å²) in [7, 11) is 1.77. The van der Waals surface area contributed by atoms with Crippen molar-refractivity contribution in [3.05, 3.63) is 0 Å². The lowest BCUT2D eigenvalue weighted by atomic mass is 10.1. The molecule has 0 aromatic carbocycles. The van der Waals surface area contributed by atoms with E-state index in [1.807, 2.05) is 0 Å². The van der Waals surface area contributed by atoms with Crippen molar-refractivity contribution in [1.82, 2.24) is 4.90 Å². The third-order valence-corrected chi connectivity index (χ3v) is 2.32. The second-order valence-corrected chi connectivity index (χ2v) is 3.85. The van der Waals surface area contributed by atoms with Crippen molar-refractivity contribution in [3.63, 3.8) is 0 Å². The van der Waals surface area contributed by atoms with Crippen molar-refractivity contribution in [2.75, 3.05) is 33.4 Å². The van der Waals surface area contributed by atoms with Crippen LogP contribution in [0.5, 0.6) is 0 Å². The molecule has 0 aliphatic carbocycles. The van der Waals surface area contributed by atoms with Gasteiger partial charge in [-0.25, -0.2) is 0 Å². The molecule has 2 N–H and O–H groups in total. The first-order valence-electron chi connectivity index (χ1n) is 4.69. The Balaban J connectivity index is 2.16. The second kappa shape index (κ2) is 4.80. The molecule has 72 valence electrons. The standard InChI is InChI=1S/C9H20N2O/c1-8(10)5-11-4-3-9(6-11)7-12-2/h8-9H,3-7,10H2,1-2H3/t8-,9?/m1/s1. The van der Waals surface area contributed by atoms with Crippen LogP contribution >= 0.6 is 0 Å². The van der Waals surface area contributed by atoms with Gasteiger partial charge in [-0.2, -0.15) is 0 Å². The zero-order valence-electron chi connectivity index (χ0n) is 8.12. The van der Waals surface area contributed by atoms with Crippen molar-refractivity contribution < 1.29 is 4.74 Å². The number of likely N-dealkylation sites (tertiary alicyclic amines) is 1. The molecule has 0 amide bonds. The lowest BCUT2D eigenvalue weighted by Crippen LogP contribution is -2.34. The lowest BCUT2D eigenvalue weighted by molar-refractivity contribution is 0.153. The van der Waals surface area contributed by atoms with Gasteiger partial charge >= 0.3 is 0 Å². The molecule has 1 aliphatic rings. The molecule has 1 unspecified atom stereocenters. The largest absolute Gasteiger partial charge is 0.384 e. The maximum atomic E-state index is 5.72. The average molecular weight is 172 g/mol. The molecule has 1 fully saturated rings. The highest BCUT2D eigenvalue weighted by molar-refractivity contribution is 4.76. The predicted octanol–water partition coefficient (Wildman–Crippen LogP) is 0.302. The normalized spacial score (nSPS) is 27.8. The SMILES string of the molecule is COCC1CCN(C[C@@H](C)N)C1. The third-order valence-electron chi connectivity index (χ3n) is 2.32. The van der Waals surface area contributed by atoms with E-state index in [1.165, 1.54) is 13.0 Å². The van der Waals surface area contributed by atoms with Crippen LogP contribution in [0.3, 0.4) is 0 Å². The van der Waals surface area contributed by atoms with Crippen LogP contribution < -0.4 is 5.73 Å². The highest BCUT2D eigenvalue weighted by Crippen LogP contribution is 2.15. The van der Waals surface area contributed by atoms with E-state index in [2.05, 4.69) is 11.8 Å². The summed E-state index contributed by atoms with van der Waals surface area (Å²) in [6.45, 7) is 6.34. The van der Waals surface area contributed by atoms with Crippen LogP contribution in [0.4, 0.5) is 0 Å². The van der Waals surface area contributed by atoms with E-state index >= 15 is 0 Å². The van der Waals surface area contributed by atoms with E-state index in [-0.39, 0.29) is 0 Å². The van der Waals surface area contributed by atoms with Crippen molar-refractivity contribution in [1.29, 1.82) is 0 Å². The topological polar surface area (TPSA) is 38.5 Å². The number of hydrogen-bond donors (Lipinski definition) is 1. The summed E-state index contributed by atoms with van der Waals surface area (Å²) >= 11 is 0. The number of nitrogens with zero attached hydrogens (tertiary/aromatic N) is 1. The molecule has 0 spiro atoms. The highest BCUT2D eigenvalue weighted by atomic mass is 16.5. The van der Waals surface area contributed by atoms with Crippen LogP contribution in [0.2, 0.25) is 0 Å². The van der Waals surface area contributed by atoms with Crippen LogP contribution in [-0.4, -0.2) is 44.3 Å². The minimum Gasteiger partial charge on any atom is -0.384 e. The molecule has 0 aromatic rings. The lowest BCUT2D eigenvalue weighted by Gasteiger charge is -2.17. The molecule has 1 rings (SSSR count). The summed E-state index contributed by atoms with van der Waals surface area (Å²) in [5.41, 5.74) is 5.72. The van der Waals surface area contributed by atoms with Gasteiger partial charge in [-0.3, -0.25) is 0 Å². The Morgan fingerprint density at radius 1 is 1.67 bits per heavy atom. The van der Waals surface area contributed by atoms with Gasteiger partial charge in [0.15, 0.2) is 0 Å². The molecule has 0 saturated carbocycles. The van der Waals surface area contributed by atoms with Crippen LogP contribution in [0.1, 0.15) is 13.3 Å². The zero-order chi connectivity index (χ0) is 8.97. The monoisotopic (exact) mass is 172 g/mol. The predicted molar refractivity (Wildman–Crippen MR) is 50.1 cm³/mol. The quantitative estimate of drug-likeness (QED) is 0.663. The van der Waals surface area contributed by atoms with E-state index in [0.29, 0.717) is 6.04 Å². The first-order chi connectivity index (χ1) is 5.72. The van der Waals surface area contributed by atoms with Crippen molar-refractivity contribution in [2.24, 2.45) is 11.7 Å². The number of rotatable bonds is 4. The Labute approximate surface area is 74.9 Å². The minimum atomic E-state index is 0.297. The van der Waals surface area contributed by atoms with Crippen molar-refractivity contribution in [2.45, 2.75) is 19.4 Å². The molecule has 0 aromatic heterocycles. The third kappa shape index (κ3) is 3.09. The number of hydrogen-bond acceptors (Lipinski definition) is 3. The Bertz CT molecular complexity index is 128. The summed E-state index contributed by atoms with van der Waals surface area (Å²) in [6.07, 6.45) is 1.26. The van der Waals surface area contributed by atoms with Gasteiger partial charge in [0.2, 0.25) is 0 Å². The summed E-state index contributed by atoms with van der Waals surface area (Å²) in [5, 5.41) is 0. The molecule has 0 radical (unpaired) electrons. The van der Waals surface area contributed by atoms with Gasteiger partial charge in [-0.05, 0) is 25.8 Å². The summed E-state index contributed by atoms with van der Waals surface area (Å²) in [6, 6.07) is 0.297. The van der Waals surface area contributed by atoms with Gasteiger partial charge in [0.25, 0.3) is 0 Å². The van der Waals surface area contributed by atoms with Gasteiger partial charge in [0.1, 0.15) is 0 Å². The zero-order valence-corrected chi connectivity index (χ0v) is 8.12. The van der Waals surface area contributed by atoms with E-state index in [9.17, 15) is 0 Å². The molecule has 0 bridgehead atoms. The fourth-order valence-electron chi connectivity index (χ4n) is 1.86. The molecule has 12 heavy (non-hydrogen) atoms. The van der Waals surface area contributed by atoms with Crippen molar-refractivity contribution >= 4 is 0 Å². The summed E-state index contributed by atoms with van der Waals surface area (Å²) in [5.74, 6) is 0.730. The Hall–Kier alpha value is -0.120. The smallest absolute Gasteiger partial charge is 0.0503 e. The molecule has 1 saturated heterocycles. The Morgan fingerprint density at radius 2 is 2.42 bits per heavy atom. The molecule has 3 nitrogen and oxygen atoms in total. The van der Waals surface area contributed by atoms with Crippen LogP contribution in [0.25, 0.3) is 0 Å². The summed E-state index contributed by atoms with van der Waals surface area (Å²) in [4.78, 5) is 2.42. The number of ether oxygens (including phenoxy) is 1. The average Bonchev–Trinajstić information content (AvgIpc) is 2.36. The Morgan fingerprint density at radius 3 is 3.00 bits per heavy atom. The van der Waals surface area contributed by atoms with Crippen molar-refractivity contribution in [3.8, 4) is 0 Å². The van der Waals surface area contributed by atoms with Gasteiger partial charge < -0.3 is 15.4 Å². The number of nitrogens with two attached hydrogens (primary N) is 1. The second-order valence-electron chi connectivity index (χ2n) is 3.85. The maximum Gasteiger partial charge on any atom is 0.0503 e. The van der Waals surface area contributed by atoms with Gasteiger partial charge in [0, 0.05) is 26.2 Å². The van der Waals surface area contributed by atoms with E-state index in [4.69, 9.17) is 10.5 Å². The molecule has 3 heteroatoms. The van der Waals surface area contributed by atoms with Crippen LogP contribution in [0, 0.1) is 5.92 Å². The van der Waals surface area contributed by atoms with Gasteiger partial charge in [0.05, 0.1) is 6.61 Å². The molecule has 2 atom stereocenters. The van der Waals surface area contributed by atoms with Gasteiger partial charge in [-0.15, -0.1) is 0 Å². The molecular formula is C9H20N2O. The first-order valence-corrected chi connectivity index (χ1v) is 4.69. The minimum absolute atomic E-state index is 0.297. The van der Waals surface area contributed by atoms with Crippen LogP contribution in [0.15, 0.2) is 0 Å². The molecule has 1 heterocycles. The van der Waals surface area contributed by atoms with E-state index in [1.54, 1.807) is 7.11 Å². The first kappa shape index (κ1) is 9.96.